The molecule has 0 bridgehead atoms. The van der Waals surface area contributed by atoms with Crippen molar-refractivity contribution in [2.45, 2.75) is 24.3 Å². The summed E-state index contributed by atoms with van der Waals surface area (Å²) in [6.45, 7) is 1.83. The van der Waals surface area contributed by atoms with E-state index in [-0.39, 0.29) is 11.3 Å². The summed E-state index contributed by atoms with van der Waals surface area (Å²) in [7, 11) is -2.63. The van der Waals surface area contributed by atoms with Crippen LogP contribution in [0.1, 0.15) is 11.1 Å². The van der Waals surface area contributed by atoms with Crippen molar-refractivity contribution in [3.63, 3.8) is 0 Å². The van der Waals surface area contributed by atoms with Crippen LogP contribution in [0.5, 0.6) is 0 Å². The van der Waals surface area contributed by atoms with Crippen molar-refractivity contribution in [3.8, 4) is 0 Å². The third kappa shape index (κ3) is 3.95. The molecule has 0 amide bonds. The minimum absolute atomic E-state index is 0.0320. The lowest BCUT2D eigenvalue weighted by atomic mass is 10.0. The Bertz CT molecular complexity index is 837. The number of carboxylic acid groups (broad SMARTS) is 1. The van der Waals surface area contributed by atoms with Gasteiger partial charge in [0, 0.05) is 18.5 Å². The molecule has 0 aliphatic rings. The number of hydrogen-bond donors (Lipinski definition) is 1. The lowest BCUT2D eigenvalue weighted by molar-refractivity contribution is -0.141. The van der Waals surface area contributed by atoms with Crippen molar-refractivity contribution >= 4 is 27.6 Å². The first-order chi connectivity index (χ1) is 11.2. The molecule has 0 aliphatic heterocycles. The number of likely N-dealkylation sites (N-methyl/N-ethyl adjacent to an activating group) is 1. The molecule has 0 heterocycles. The van der Waals surface area contributed by atoms with Gasteiger partial charge >= 0.3 is 5.97 Å². The minimum Gasteiger partial charge on any atom is -0.480 e. The minimum atomic E-state index is -3.91. The van der Waals surface area contributed by atoms with E-state index < -0.39 is 22.0 Å². The first kappa shape index (κ1) is 18.4. The van der Waals surface area contributed by atoms with Gasteiger partial charge in [0.15, 0.2) is 0 Å². The summed E-state index contributed by atoms with van der Waals surface area (Å²) >= 11 is 5.97. The fourth-order valence-corrected chi connectivity index (χ4v) is 3.89. The maximum absolute atomic E-state index is 12.7. The van der Waals surface area contributed by atoms with E-state index in [2.05, 4.69) is 0 Å². The number of aliphatic carboxylic acids is 1. The molecule has 0 fully saturated rings. The summed E-state index contributed by atoms with van der Waals surface area (Å²) in [6.07, 6.45) is 0.0320. The Balaban J connectivity index is 2.37. The summed E-state index contributed by atoms with van der Waals surface area (Å²) in [5, 5.41) is 10.0. The second-order valence-electron chi connectivity index (χ2n) is 5.46. The van der Waals surface area contributed by atoms with Crippen molar-refractivity contribution in [1.82, 2.24) is 4.31 Å². The predicted molar refractivity (Wildman–Crippen MR) is 92.7 cm³/mol. The first-order valence-corrected chi connectivity index (χ1v) is 9.06. The van der Waals surface area contributed by atoms with Crippen molar-refractivity contribution in [2.24, 2.45) is 0 Å². The summed E-state index contributed by atoms with van der Waals surface area (Å²) in [4.78, 5) is 11.7. The largest absolute Gasteiger partial charge is 0.480 e. The summed E-state index contributed by atoms with van der Waals surface area (Å²) < 4.78 is 26.2. The molecule has 1 N–H and O–H groups in total. The summed E-state index contributed by atoms with van der Waals surface area (Å²) in [5.41, 5.74) is 1.56. The van der Waals surface area contributed by atoms with E-state index >= 15 is 0 Å². The van der Waals surface area contributed by atoms with Crippen LogP contribution < -0.4 is 0 Å². The molecule has 0 saturated carbocycles. The summed E-state index contributed by atoms with van der Waals surface area (Å²) in [6, 6.07) is 11.7. The maximum Gasteiger partial charge on any atom is 0.322 e. The van der Waals surface area contributed by atoms with Gasteiger partial charge in [0.25, 0.3) is 0 Å². The highest BCUT2D eigenvalue weighted by atomic mass is 35.5. The van der Waals surface area contributed by atoms with Gasteiger partial charge in [-0.2, -0.15) is 4.31 Å². The first-order valence-electron chi connectivity index (χ1n) is 7.24. The highest BCUT2D eigenvalue weighted by Gasteiger charge is 2.33. The lowest BCUT2D eigenvalue weighted by Gasteiger charge is -2.25. The number of aryl methyl sites for hydroxylation is 1. The van der Waals surface area contributed by atoms with Crippen LogP contribution in [0, 0.1) is 6.92 Å². The van der Waals surface area contributed by atoms with Gasteiger partial charge in [0.1, 0.15) is 6.04 Å². The van der Waals surface area contributed by atoms with Gasteiger partial charge in [0.05, 0.1) is 4.90 Å². The molecular formula is C17H18ClNO4S. The number of carbonyl (C=O) groups is 1. The number of carboxylic acids is 1. The smallest absolute Gasteiger partial charge is 0.322 e. The molecule has 24 heavy (non-hydrogen) atoms. The number of hydrogen-bond acceptors (Lipinski definition) is 3. The van der Waals surface area contributed by atoms with Crippen molar-refractivity contribution in [2.75, 3.05) is 7.05 Å². The van der Waals surface area contributed by atoms with E-state index in [1.165, 1.54) is 19.2 Å². The second kappa shape index (κ2) is 7.34. The fraction of sp³-hybridized carbons (Fsp3) is 0.235. The van der Waals surface area contributed by atoms with E-state index in [1.54, 1.807) is 36.4 Å². The topological polar surface area (TPSA) is 74.7 Å². The lowest BCUT2D eigenvalue weighted by Crippen LogP contribution is -2.43. The van der Waals surface area contributed by atoms with Crippen LogP contribution in [0.4, 0.5) is 0 Å². The number of benzene rings is 2. The van der Waals surface area contributed by atoms with Gasteiger partial charge in [-0.05, 0) is 42.3 Å². The molecule has 7 heteroatoms. The van der Waals surface area contributed by atoms with Crippen LogP contribution in [0.2, 0.25) is 5.02 Å². The van der Waals surface area contributed by atoms with Crippen molar-refractivity contribution in [1.29, 1.82) is 0 Å². The van der Waals surface area contributed by atoms with Gasteiger partial charge in [0.2, 0.25) is 10.0 Å². The predicted octanol–water partition coefficient (Wildman–Crippen LogP) is 2.96. The number of rotatable bonds is 6. The zero-order valence-corrected chi connectivity index (χ0v) is 14.9. The van der Waals surface area contributed by atoms with E-state index in [0.717, 1.165) is 9.87 Å². The molecule has 0 unspecified atom stereocenters. The fourth-order valence-electron chi connectivity index (χ4n) is 2.37. The van der Waals surface area contributed by atoms with Crippen LogP contribution in [-0.2, 0) is 21.2 Å². The Morgan fingerprint density at radius 3 is 2.42 bits per heavy atom. The van der Waals surface area contributed by atoms with E-state index in [9.17, 15) is 18.3 Å². The average Bonchev–Trinajstić information content (AvgIpc) is 2.55. The second-order valence-corrected chi connectivity index (χ2v) is 7.90. The Kier molecular flexibility index (Phi) is 5.64. The van der Waals surface area contributed by atoms with Crippen LogP contribution in [0.3, 0.4) is 0 Å². The zero-order chi connectivity index (χ0) is 17.9. The Labute approximate surface area is 146 Å². The standard InChI is InChI=1S/C17H18ClNO4S/c1-12-8-9-14(18)10-13(12)11-16(17(20)21)19(2)24(22,23)15-6-4-3-5-7-15/h3-10,16H,11H2,1-2H3,(H,20,21)/t16-/m1/s1. The number of sulfonamides is 1. The molecule has 0 radical (unpaired) electrons. The molecule has 0 aliphatic carbocycles. The molecule has 2 aromatic rings. The number of halogens is 1. The van der Waals surface area contributed by atoms with Crippen molar-refractivity contribution in [3.05, 3.63) is 64.7 Å². The normalized spacial score (nSPS) is 13.0. The van der Waals surface area contributed by atoms with Crippen LogP contribution >= 0.6 is 11.6 Å². The SMILES string of the molecule is Cc1ccc(Cl)cc1C[C@H](C(=O)O)N(C)S(=O)(=O)c1ccccc1. The molecule has 2 rings (SSSR count). The quantitative estimate of drug-likeness (QED) is 0.851. The maximum atomic E-state index is 12.7. The van der Waals surface area contributed by atoms with Crippen LogP contribution in [-0.4, -0.2) is 36.9 Å². The molecule has 0 aromatic heterocycles. The van der Waals surface area contributed by atoms with E-state index in [1.807, 2.05) is 6.92 Å². The third-order valence-electron chi connectivity index (χ3n) is 3.87. The van der Waals surface area contributed by atoms with Crippen LogP contribution in [0.15, 0.2) is 53.4 Å². The third-order valence-corrected chi connectivity index (χ3v) is 5.98. The Morgan fingerprint density at radius 2 is 1.83 bits per heavy atom. The van der Waals surface area contributed by atoms with Gasteiger partial charge < -0.3 is 5.11 Å². The molecule has 5 nitrogen and oxygen atoms in total. The number of nitrogens with zero attached hydrogens (tertiary/aromatic N) is 1. The molecule has 2 aromatic carbocycles. The van der Waals surface area contributed by atoms with E-state index in [0.29, 0.717) is 10.6 Å². The molecule has 1 atom stereocenters. The Morgan fingerprint density at radius 1 is 1.21 bits per heavy atom. The highest BCUT2D eigenvalue weighted by molar-refractivity contribution is 7.89. The Hall–Kier alpha value is -1.89. The van der Waals surface area contributed by atoms with Gasteiger partial charge in [-0.25, -0.2) is 8.42 Å². The van der Waals surface area contributed by atoms with E-state index in [4.69, 9.17) is 11.6 Å². The van der Waals surface area contributed by atoms with Crippen molar-refractivity contribution < 1.29 is 18.3 Å². The average molecular weight is 368 g/mol. The monoisotopic (exact) mass is 367 g/mol. The molecule has 0 spiro atoms. The van der Waals surface area contributed by atoms with Crippen LogP contribution in [0.25, 0.3) is 0 Å². The van der Waals surface area contributed by atoms with Gasteiger partial charge in [-0.15, -0.1) is 0 Å². The molecular weight excluding hydrogens is 350 g/mol. The zero-order valence-electron chi connectivity index (χ0n) is 13.3. The van der Waals surface area contributed by atoms with Gasteiger partial charge in [-0.3, -0.25) is 4.79 Å². The highest BCUT2D eigenvalue weighted by Crippen LogP contribution is 2.22. The van der Waals surface area contributed by atoms with Gasteiger partial charge in [-0.1, -0.05) is 35.9 Å². The molecule has 128 valence electrons. The summed E-state index contributed by atoms with van der Waals surface area (Å²) in [5.74, 6) is -1.21. The molecule has 0 saturated heterocycles.